The number of nitrogens with two attached hydrogens (primary N) is 1. The van der Waals surface area contributed by atoms with Gasteiger partial charge in [0.25, 0.3) is 5.91 Å². The van der Waals surface area contributed by atoms with Gasteiger partial charge >= 0.3 is 0 Å². The zero-order valence-electron chi connectivity index (χ0n) is 27.9. The van der Waals surface area contributed by atoms with Gasteiger partial charge in [0.15, 0.2) is 5.82 Å². The van der Waals surface area contributed by atoms with Gasteiger partial charge in [-0.3, -0.25) is 9.48 Å². The van der Waals surface area contributed by atoms with Crippen molar-refractivity contribution in [3.63, 3.8) is 0 Å². The molecule has 0 spiro atoms. The van der Waals surface area contributed by atoms with E-state index in [1.165, 1.54) is 21.7 Å². The Kier molecular flexibility index (Phi) is 8.22. The molecule has 1 atom stereocenters. The summed E-state index contributed by atoms with van der Waals surface area (Å²) in [5, 5.41) is 15.2. The molecule has 5 aromatic rings. The molecule has 0 radical (unpaired) electrons. The van der Waals surface area contributed by atoms with Crippen LogP contribution in [-0.2, 0) is 7.05 Å². The van der Waals surface area contributed by atoms with Crippen molar-refractivity contribution in [1.82, 2.24) is 29.5 Å². The summed E-state index contributed by atoms with van der Waals surface area (Å²) >= 11 is 7.79. The van der Waals surface area contributed by atoms with Crippen molar-refractivity contribution in [1.29, 1.82) is 5.26 Å². The SMILES string of the molecule is CC(c1cc(C(=O)N(C)C)n(C)n1)N(C)c1nc(N2CC(C)(N(C)C)C2)nc2c(F)c(-c3ccc(F)c4sc(N)c(C#N)c34)c(Cl)cc12. The van der Waals surface area contributed by atoms with Crippen LogP contribution in [0.2, 0.25) is 5.02 Å². The highest BCUT2D eigenvalue weighted by Crippen LogP contribution is 2.46. The fourth-order valence-corrected chi connectivity index (χ4v) is 7.28. The maximum atomic E-state index is 17.0. The molecule has 1 fully saturated rings. The molecule has 0 aliphatic carbocycles. The Morgan fingerprint density at radius 1 is 1.17 bits per heavy atom. The summed E-state index contributed by atoms with van der Waals surface area (Å²) in [6.45, 7) is 5.27. The minimum Gasteiger partial charge on any atom is -0.389 e. The van der Waals surface area contributed by atoms with Crippen molar-refractivity contribution in [2.75, 3.05) is 63.9 Å². The predicted octanol–water partition coefficient (Wildman–Crippen LogP) is 5.67. The van der Waals surface area contributed by atoms with Gasteiger partial charge in [0, 0.05) is 57.6 Å². The molecule has 0 saturated carbocycles. The monoisotopic (exact) mass is 692 g/mol. The Morgan fingerprint density at radius 2 is 1.85 bits per heavy atom. The third-order valence-electron chi connectivity index (χ3n) is 9.34. The van der Waals surface area contributed by atoms with Crippen molar-refractivity contribution in [2.45, 2.75) is 25.4 Å². The van der Waals surface area contributed by atoms with Gasteiger partial charge in [0.05, 0.1) is 32.6 Å². The standard InChI is InChI=1S/C33H35ClF2N10OS/c1-16(22-12-23(45(8)41-22)31(47)42(3)4)44(7)30-18-11-20(34)25(17-9-10-21(35)28-24(17)19(13-37)29(38)48-28)26(36)27(18)39-32(40-30)46-14-33(2,15-46)43(5)6/h9-12,16H,14-15,38H2,1-8H3. The van der Waals surface area contributed by atoms with Gasteiger partial charge in [-0.1, -0.05) is 17.7 Å². The van der Waals surface area contributed by atoms with Crippen molar-refractivity contribution in [3.8, 4) is 17.2 Å². The number of carbonyl (C=O) groups excluding carboxylic acids is 1. The first-order chi connectivity index (χ1) is 22.6. The van der Waals surface area contributed by atoms with Crippen LogP contribution in [0.5, 0.6) is 0 Å². The summed E-state index contributed by atoms with van der Waals surface area (Å²) < 4.78 is 33.6. The summed E-state index contributed by atoms with van der Waals surface area (Å²) in [6, 6.07) is 7.58. The van der Waals surface area contributed by atoms with Crippen LogP contribution in [0.15, 0.2) is 24.3 Å². The number of benzene rings is 2. The van der Waals surface area contributed by atoms with Gasteiger partial charge in [-0.2, -0.15) is 15.3 Å². The molecular weight excluding hydrogens is 658 g/mol. The third-order valence-corrected chi connectivity index (χ3v) is 10.7. The molecule has 1 saturated heterocycles. The maximum absolute atomic E-state index is 17.0. The van der Waals surface area contributed by atoms with Crippen LogP contribution in [0.1, 0.15) is 41.6 Å². The zero-order chi connectivity index (χ0) is 35.0. The normalized spacial score (nSPS) is 14.8. The van der Waals surface area contributed by atoms with Crippen molar-refractivity contribution in [2.24, 2.45) is 7.05 Å². The Labute approximate surface area is 285 Å². The van der Waals surface area contributed by atoms with E-state index < -0.39 is 17.7 Å². The van der Waals surface area contributed by atoms with Crippen LogP contribution >= 0.6 is 22.9 Å². The van der Waals surface area contributed by atoms with Crippen LogP contribution in [0.4, 0.5) is 25.5 Å². The van der Waals surface area contributed by atoms with Crippen molar-refractivity contribution >= 4 is 66.6 Å². The van der Waals surface area contributed by atoms with Gasteiger partial charge < -0.3 is 25.3 Å². The minimum absolute atomic E-state index is 0.00980. The van der Waals surface area contributed by atoms with E-state index in [-0.39, 0.29) is 53.8 Å². The molecule has 3 aromatic heterocycles. The van der Waals surface area contributed by atoms with E-state index in [9.17, 15) is 14.4 Å². The van der Waals surface area contributed by atoms with E-state index in [0.717, 1.165) is 11.3 Å². The summed E-state index contributed by atoms with van der Waals surface area (Å²) in [7, 11) is 10.9. The van der Waals surface area contributed by atoms with E-state index in [0.29, 0.717) is 41.6 Å². The minimum atomic E-state index is -0.738. The number of hydrogen-bond acceptors (Lipinski definition) is 10. The predicted molar refractivity (Wildman–Crippen MR) is 187 cm³/mol. The number of nitrogens with zero attached hydrogens (tertiary/aromatic N) is 9. The number of fused-ring (bicyclic) bond motifs is 2. The maximum Gasteiger partial charge on any atom is 0.271 e. The van der Waals surface area contributed by atoms with E-state index in [2.05, 4.69) is 16.9 Å². The topological polar surface area (TPSA) is 123 Å². The first-order valence-corrected chi connectivity index (χ1v) is 16.3. The highest BCUT2D eigenvalue weighted by Gasteiger charge is 2.42. The summed E-state index contributed by atoms with van der Waals surface area (Å²) in [6.07, 6.45) is 0. The lowest BCUT2D eigenvalue weighted by Crippen LogP contribution is -2.67. The smallest absolute Gasteiger partial charge is 0.271 e. The van der Waals surface area contributed by atoms with Crippen LogP contribution in [0, 0.1) is 23.0 Å². The molecule has 1 amide bonds. The fourth-order valence-electron chi connectivity index (χ4n) is 6.04. The molecule has 6 rings (SSSR count). The first-order valence-electron chi connectivity index (χ1n) is 15.1. The summed E-state index contributed by atoms with van der Waals surface area (Å²) in [5.41, 5.74) is 7.26. The van der Waals surface area contributed by atoms with Gasteiger partial charge in [0.2, 0.25) is 5.95 Å². The molecular formula is C33H35ClF2N10OS. The average molecular weight is 693 g/mol. The molecule has 2 N–H and O–H groups in total. The number of hydrogen-bond donors (Lipinski definition) is 1. The van der Waals surface area contributed by atoms with Crippen LogP contribution in [0.3, 0.4) is 0 Å². The van der Waals surface area contributed by atoms with Gasteiger partial charge in [-0.25, -0.2) is 13.8 Å². The second kappa shape index (κ2) is 11.8. The van der Waals surface area contributed by atoms with Crippen LogP contribution < -0.4 is 15.5 Å². The van der Waals surface area contributed by atoms with Gasteiger partial charge in [-0.05, 0) is 51.7 Å². The van der Waals surface area contributed by atoms with Gasteiger partial charge in [-0.15, -0.1) is 11.3 Å². The van der Waals surface area contributed by atoms with Crippen LogP contribution in [0.25, 0.3) is 32.1 Å². The number of nitrogen functional groups attached to an aromatic ring is 1. The van der Waals surface area contributed by atoms with Gasteiger partial charge in [0.1, 0.15) is 33.9 Å². The van der Waals surface area contributed by atoms with E-state index in [1.807, 2.05) is 43.9 Å². The molecule has 0 bridgehead atoms. The van der Waals surface area contributed by atoms with Crippen molar-refractivity contribution < 1.29 is 13.6 Å². The Bertz CT molecular complexity index is 2170. The van der Waals surface area contributed by atoms with E-state index in [4.69, 9.17) is 27.3 Å². The Balaban J connectivity index is 1.56. The molecule has 48 heavy (non-hydrogen) atoms. The summed E-state index contributed by atoms with van der Waals surface area (Å²) in [4.78, 5) is 29.9. The molecule has 1 unspecified atom stereocenters. The molecule has 15 heteroatoms. The van der Waals surface area contributed by atoms with Crippen molar-refractivity contribution in [3.05, 3.63) is 57.9 Å². The number of aryl methyl sites for hydroxylation is 1. The number of aromatic nitrogens is 4. The first kappa shape index (κ1) is 33.3. The molecule has 1 aliphatic rings. The molecule has 2 aromatic carbocycles. The number of anilines is 3. The lowest BCUT2D eigenvalue weighted by atomic mass is 9.91. The highest BCUT2D eigenvalue weighted by atomic mass is 35.5. The second-order valence-corrected chi connectivity index (χ2v) is 14.3. The number of halogens is 3. The molecule has 11 nitrogen and oxygen atoms in total. The second-order valence-electron chi connectivity index (χ2n) is 12.9. The van der Waals surface area contributed by atoms with E-state index in [1.54, 1.807) is 33.3 Å². The van der Waals surface area contributed by atoms with Crippen LogP contribution in [-0.4, -0.2) is 89.3 Å². The lowest BCUT2D eigenvalue weighted by molar-refractivity contribution is 0.0817. The largest absolute Gasteiger partial charge is 0.389 e. The number of thiophene rings is 1. The lowest BCUT2D eigenvalue weighted by Gasteiger charge is -2.52. The number of carbonyl (C=O) groups is 1. The number of amides is 1. The molecule has 1 aliphatic heterocycles. The average Bonchev–Trinajstić information content (AvgIpc) is 3.58. The third kappa shape index (κ3) is 5.17. The number of likely N-dealkylation sites (N-methyl/N-ethyl adjacent to an activating group) is 1. The zero-order valence-corrected chi connectivity index (χ0v) is 29.4. The summed E-state index contributed by atoms with van der Waals surface area (Å²) in [5.74, 6) is -0.766. The Hall–Kier alpha value is -4.58. The Morgan fingerprint density at radius 3 is 2.48 bits per heavy atom. The highest BCUT2D eigenvalue weighted by molar-refractivity contribution is 7.23. The number of rotatable bonds is 7. The number of nitriles is 1. The van der Waals surface area contributed by atoms with E-state index >= 15 is 4.39 Å². The molecule has 4 heterocycles. The molecule has 250 valence electrons. The fraction of sp³-hybridized carbons (Fsp3) is 0.364. The quantitative estimate of drug-likeness (QED) is 0.230.